The van der Waals surface area contributed by atoms with Crippen LogP contribution in [0.1, 0.15) is 11.3 Å². The van der Waals surface area contributed by atoms with Crippen molar-refractivity contribution in [3.8, 4) is 0 Å². The Morgan fingerprint density at radius 2 is 1.96 bits per heavy atom. The fraction of sp³-hybridized carbons (Fsp3) is 0.312. The number of hydrogen-bond acceptors (Lipinski definition) is 5. The van der Waals surface area contributed by atoms with Crippen molar-refractivity contribution in [2.24, 2.45) is 0 Å². The SMILES string of the molecule is Cc1csc(=O)n1CC(=O)OCC(=O)N(C)Cc1ccc(Br)cc1. The summed E-state index contributed by atoms with van der Waals surface area (Å²) in [5.41, 5.74) is 1.67. The molecule has 8 heteroatoms. The molecule has 0 spiro atoms. The van der Waals surface area contributed by atoms with Crippen LogP contribution >= 0.6 is 27.3 Å². The minimum absolute atomic E-state index is 0.183. The van der Waals surface area contributed by atoms with E-state index in [-0.39, 0.29) is 23.9 Å². The number of carbonyl (C=O) groups excluding carboxylic acids is 2. The Balaban J connectivity index is 1.82. The average molecular weight is 413 g/mol. The van der Waals surface area contributed by atoms with Crippen LogP contribution in [0.25, 0.3) is 0 Å². The largest absolute Gasteiger partial charge is 0.454 e. The second-order valence-electron chi connectivity index (χ2n) is 5.27. The van der Waals surface area contributed by atoms with E-state index in [4.69, 9.17) is 4.74 Å². The van der Waals surface area contributed by atoms with Gasteiger partial charge in [0, 0.05) is 29.1 Å². The van der Waals surface area contributed by atoms with E-state index >= 15 is 0 Å². The monoisotopic (exact) mass is 412 g/mol. The normalized spacial score (nSPS) is 10.5. The van der Waals surface area contributed by atoms with Gasteiger partial charge in [0.05, 0.1) is 0 Å². The number of thiazole rings is 1. The second kappa shape index (κ2) is 8.25. The van der Waals surface area contributed by atoms with Gasteiger partial charge in [-0.2, -0.15) is 0 Å². The third-order valence-electron chi connectivity index (χ3n) is 3.38. The zero-order chi connectivity index (χ0) is 17.7. The number of esters is 1. The lowest BCUT2D eigenvalue weighted by Gasteiger charge is -2.17. The van der Waals surface area contributed by atoms with Crippen LogP contribution in [0.2, 0.25) is 0 Å². The number of carbonyl (C=O) groups is 2. The molecule has 0 fully saturated rings. The van der Waals surface area contributed by atoms with Crippen molar-refractivity contribution in [3.63, 3.8) is 0 Å². The standard InChI is InChI=1S/C16H17BrN2O4S/c1-11-10-24-16(22)19(11)8-15(21)23-9-14(20)18(2)7-12-3-5-13(17)6-4-12/h3-6,10H,7-9H2,1-2H3. The molecule has 128 valence electrons. The summed E-state index contributed by atoms with van der Waals surface area (Å²) in [6.45, 7) is 1.64. The third-order valence-corrected chi connectivity index (χ3v) is 4.79. The molecule has 0 N–H and O–H groups in total. The number of rotatable bonds is 6. The molecule has 2 rings (SSSR count). The summed E-state index contributed by atoms with van der Waals surface area (Å²) < 4.78 is 7.26. The smallest absolute Gasteiger partial charge is 0.326 e. The molecule has 0 bridgehead atoms. The van der Waals surface area contributed by atoms with Crippen molar-refractivity contribution in [1.29, 1.82) is 0 Å². The quantitative estimate of drug-likeness (QED) is 0.681. The molecule has 24 heavy (non-hydrogen) atoms. The van der Waals surface area contributed by atoms with Crippen LogP contribution in [0.15, 0.2) is 38.9 Å². The zero-order valence-corrected chi connectivity index (χ0v) is 15.7. The van der Waals surface area contributed by atoms with Crippen LogP contribution in [0.4, 0.5) is 0 Å². The van der Waals surface area contributed by atoms with Gasteiger partial charge in [0.2, 0.25) is 0 Å². The lowest BCUT2D eigenvalue weighted by atomic mass is 10.2. The molecule has 0 aliphatic rings. The van der Waals surface area contributed by atoms with Gasteiger partial charge >= 0.3 is 10.8 Å². The summed E-state index contributed by atoms with van der Waals surface area (Å²) >= 11 is 4.38. The molecular weight excluding hydrogens is 396 g/mol. The van der Waals surface area contributed by atoms with E-state index in [0.29, 0.717) is 12.2 Å². The molecule has 1 heterocycles. The van der Waals surface area contributed by atoms with Gasteiger partial charge in [0.25, 0.3) is 5.91 Å². The van der Waals surface area contributed by atoms with Gasteiger partial charge in [-0.05, 0) is 24.6 Å². The maximum atomic E-state index is 12.0. The highest BCUT2D eigenvalue weighted by Crippen LogP contribution is 2.11. The number of amides is 1. The first-order chi connectivity index (χ1) is 11.4. The van der Waals surface area contributed by atoms with E-state index in [2.05, 4.69) is 15.9 Å². The summed E-state index contributed by atoms with van der Waals surface area (Å²) in [4.78, 5) is 36.6. The van der Waals surface area contributed by atoms with Crippen molar-refractivity contribution >= 4 is 39.1 Å². The molecule has 0 saturated heterocycles. The average Bonchev–Trinajstić information content (AvgIpc) is 2.86. The van der Waals surface area contributed by atoms with Crippen molar-refractivity contribution in [2.45, 2.75) is 20.0 Å². The third kappa shape index (κ3) is 5.04. The Labute approximate surface area is 151 Å². The first kappa shape index (κ1) is 18.4. The number of likely N-dealkylation sites (N-methyl/N-ethyl adjacent to an activating group) is 1. The highest BCUT2D eigenvalue weighted by molar-refractivity contribution is 9.10. The van der Waals surface area contributed by atoms with Crippen LogP contribution in [0.5, 0.6) is 0 Å². The molecule has 0 saturated carbocycles. The summed E-state index contributed by atoms with van der Waals surface area (Å²) in [6.07, 6.45) is 0. The summed E-state index contributed by atoms with van der Waals surface area (Å²) in [6, 6.07) is 7.61. The van der Waals surface area contributed by atoms with Gasteiger partial charge in [0.15, 0.2) is 6.61 Å². The minimum Gasteiger partial charge on any atom is -0.454 e. The van der Waals surface area contributed by atoms with Crippen molar-refractivity contribution in [1.82, 2.24) is 9.47 Å². The number of hydrogen-bond donors (Lipinski definition) is 0. The van der Waals surface area contributed by atoms with E-state index in [1.54, 1.807) is 19.4 Å². The molecule has 6 nitrogen and oxygen atoms in total. The Kier molecular flexibility index (Phi) is 6.33. The van der Waals surface area contributed by atoms with E-state index in [0.717, 1.165) is 21.4 Å². The van der Waals surface area contributed by atoms with Crippen molar-refractivity contribution in [3.05, 3.63) is 55.0 Å². The van der Waals surface area contributed by atoms with Crippen LogP contribution in [-0.4, -0.2) is 35.0 Å². The Bertz CT molecular complexity index is 782. The van der Waals surface area contributed by atoms with E-state index in [1.807, 2.05) is 24.3 Å². The first-order valence-corrected chi connectivity index (χ1v) is 8.83. The molecule has 1 amide bonds. The molecule has 0 unspecified atom stereocenters. The maximum Gasteiger partial charge on any atom is 0.326 e. The maximum absolute atomic E-state index is 12.0. The Hall–Kier alpha value is -1.93. The van der Waals surface area contributed by atoms with Gasteiger partial charge in [-0.3, -0.25) is 19.0 Å². The van der Waals surface area contributed by atoms with Crippen LogP contribution in [-0.2, 0) is 27.4 Å². The number of benzene rings is 1. The topological polar surface area (TPSA) is 68.6 Å². The molecule has 0 radical (unpaired) electrons. The fourth-order valence-corrected chi connectivity index (χ4v) is 2.97. The number of halogens is 1. The van der Waals surface area contributed by atoms with Gasteiger partial charge in [0.1, 0.15) is 6.54 Å². The predicted octanol–water partition coefficient (Wildman–Crippen LogP) is 2.18. The minimum atomic E-state index is -0.607. The predicted molar refractivity (Wildman–Crippen MR) is 94.9 cm³/mol. The second-order valence-corrected chi connectivity index (χ2v) is 7.00. The number of aryl methyl sites for hydroxylation is 1. The highest BCUT2D eigenvalue weighted by atomic mass is 79.9. The lowest BCUT2D eigenvalue weighted by Crippen LogP contribution is -2.32. The highest BCUT2D eigenvalue weighted by Gasteiger charge is 2.14. The number of aromatic nitrogens is 1. The first-order valence-electron chi connectivity index (χ1n) is 7.16. The number of nitrogens with zero attached hydrogens (tertiary/aromatic N) is 2. The summed E-state index contributed by atoms with van der Waals surface area (Å²) in [7, 11) is 1.64. The Morgan fingerprint density at radius 1 is 1.29 bits per heavy atom. The molecule has 1 aromatic heterocycles. The van der Waals surface area contributed by atoms with E-state index < -0.39 is 5.97 Å². The fourth-order valence-electron chi connectivity index (χ4n) is 1.98. The molecule has 0 aliphatic heterocycles. The summed E-state index contributed by atoms with van der Waals surface area (Å²) in [5.74, 6) is -0.912. The Morgan fingerprint density at radius 3 is 2.54 bits per heavy atom. The van der Waals surface area contributed by atoms with Crippen LogP contribution in [0, 0.1) is 6.92 Å². The molecule has 1 aromatic carbocycles. The zero-order valence-electron chi connectivity index (χ0n) is 13.3. The van der Waals surface area contributed by atoms with Crippen molar-refractivity contribution in [2.75, 3.05) is 13.7 Å². The molecule has 2 aromatic rings. The summed E-state index contributed by atoms with van der Waals surface area (Å²) in [5, 5.41) is 1.67. The molecular formula is C16H17BrN2O4S. The van der Waals surface area contributed by atoms with E-state index in [9.17, 15) is 14.4 Å². The van der Waals surface area contributed by atoms with E-state index in [1.165, 1.54) is 9.47 Å². The van der Waals surface area contributed by atoms with Gasteiger partial charge in [-0.25, -0.2) is 0 Å². The number of ether oxygens (including phenoxy) is 1. The lowest BCUT2D eigenvalue weighted by molar-refractivity contribution is -0.152. The molecule has 0 atom stereocenters. The van der Waals surface area contributed by atoms with Gasteiger partial charge in [-0.1, -0.05) is 39.4 Å². The van der Waals surface area contributed by atoms with Crippen LogP contribution < -0.4 is 4.87 Å². The van der Waals surface area contributed by atoms with Gasteiger partial charge < -0.3 is 9.64 Å². The van der Waals surface area contributed by atoms with Crippen molar-refractivity contribution < 1.29 is 14.3 Å². The van der Waals surface area contributed by atoms with Crippen LogP contribution in [0.3, 0.4) is 0 Å². The molecule has 0 aliphatic carbocycles. The van der Waals surface area contributed by atoms with Gasteiger partial charge in [-0.15, -0.1) is 0 Å².